The van der Waals surface area contributed by atoms with Crippen molar-refractivity contribution in [1.82, 2.24) is 10.3 Å². The highest BCUT2D eigenvalue weighted by molar-refractivity contribution is 5.85. The fraction of sp³-hybridized carbons (Fsp3) is 0.467. The molecular formula is C15H20N2O. The van der Waals surface area contributed by atoms with Crippen molar-refractivity contribution in [2.24, 2.45) is 0 Å². The van der Waals surface area contributed by atoms with Crippen LogP contribution < -0.4 is 10.1 Å². The molecule has 1 atom stereocenters. The zero-order chi connectivity index (χ0) is 12.5. The number of ether oxygens (including phenoxy) is 1. The average molecular weight is 244 g/mol. The summed E-state index contributed by atoms with van der Waals surface area (Å²) < 4.78 is 5.28. The van der Waals surface area contributed by atoms with Crippen LogP contribution in [0.3, 0.4) is 0 Å². The third-order valence-corrected chi connectivity index (χ3v) is 4.01. The molecule has 0 saturated carbocycles. The van der Waals surface area contributed by atoms with Crippen molar-refractivity contribution in [2.45, 2.75) is 25.7 Å². The van der Waals surface area contributed by atoms with Gasteiger partial charge in [0.2, 0.25) is 0 Å². The first-order valence-electron chi connectivity index (χ1n) is 6.66. The van der Waals surface area contributed by atoms with Crippen LogP contribution in [0.5, 0.6) is 5.75 Å². The van der Waals surface area contributed by atoms with Crippen LogP contribution in [0.2, 0.25) is 0 Å². The smallest absolute Gasteiger partial charge is 0.120 e. The number of methoxy groups -OCH3 is 1. The number of fused-ring (bicyclic) bond motifs is 1. The van der Waals surface area contributed by atoms with Crippen LogP contribution >= 0.6 is 0 Å². The molecule has 1 aliphatic rings. The average Bonchev–Trinajstić information content (AvgIpc) is 2.76. The SMILES string of the molecule is COc1ccc2c(C)c(C3CCCNC3)[nH]c2c1. The number of nitrogens with one attached hydrogen (secondary N) is 2. The fourth-order valence-corrected chi connectivity index (χ4v) is 2.97. The van der Waals surface area contributed by atoms with Crippen molar-refractivity contribution in [2.75, 3.05) is 20.2 Å². The second kappa shape index (κ2) is 4.65. The molecule has 0 spiro atoms. The summed E-state index contributed by atoms with van der Waals surface area (Å²) in [6.45, 7) is 4.46. The van der Waals surface area contributed by atoms with Crippen molar-refractivity contribution in [3.05, 3.63) is 29.5 Å². The van der Waals surface area contributed by atoms with E-state index in [0.717, 1.165) is 18.8 Å². The van der Waals surface area contributed by atoms with Gasteiger partial charge in [-0.25, -0.2) is 0 Å². The maximum Gasteiger partial charge on any atom is 0.120 e. The highest BCUT2D eigenvalue weighted by Gasteiger charge is 2.20. The van der Waals surface area contributed by atoms with Crippen LogP contribution in [-0.4, -0.2) is 25.2 Å². The molecule has 1 aromatic carbocycles. The van der Waals surface area contributed by atoms with Crippen LogP contribution in [0.1, 0.15) is 30.0 Å². The Hall–Kier alpha value is -1.48. The topological polar surface area (TPSA) is 37.0 Å². The number of hydrogen-bond donors (Lipinski definition) is 2. The number of rotatable bonds is 2. The van der Waals surface area contributed by atoms with Gasteiger partial charge in [-0.2, -0.15) is 0 Å². The summed E-state index contributed by atoms with van der Waals surface area (Å²) in [6.07, 6.45) is 2.54. The van der Waals surface area contributed by atoms with E-state index in [-0.39, 0.29) is 0 Å². The Labute approximate surface area is 108 Å². The van der Waals surface area contributed by atoms with Crippen molar-refractivity contribution < 1.29 is 4.74 Å². The van der Waals surface area contributed by atoms with Gasteiger partial charge < -0.3 is 15.0 Å². The lowest BCUT2D eigenvalue weighted by molar-refractivity contribution is 0.415. The molecule has 1 unspecified atom stereocenters. The number of aromatic amines is 1. The van der Waals surface area contributed by atoms with Gasteiger partial charge in [0.05, 0.1) is 7.11 Å². The molecule has 2 N–H and O–H groups in total. The quantitative estimate of drug-likeness (QED) is 0.852. The zero-order valence-corrected chi connectivity index (χ0v) is 11.0. The monoisotopic (exact) mass is 244 g/mol. The van der Waals surface area contributed by atoms with Gasteiger partial charge in [0, 0.05) is 35.1 Å². The predicted octanol–water partition coefficient (Wildman–Crippen LogP) is 2.95. The lowest BCUT2D eigenvalue weighted by Gasteiger charge is -2.22. The minimum absolute atomic E-state index is 0.622. The molecule has 0 aliphatic carbocycles. The van der Waals surface area contributed by atoms with E-state index >= 15 is 0 Å². The van der Waals surface area contributed by atoms with Gasteiger partial charge in [0.1, 0.15) is 5.75 Å². The van der Waals surface area contributed by atoms with Crippen molar-refractivity contribution >= 4 is 10.9 Å². The van der Waals surface area contributed by atoms with Gasteiger partial charge >= 0.3 is 0 Å². The van der Waals surface area contributed by atoms with E-state index in [0.29, 0.717) is 5.92 Å². The minimum Gasteiger partial charge on any atom is -0.497 e. The molecule has 3 rings (SSSR count). The lowest BCUT2D eigenvalue weighted by atomic mass is 9.93. The summed E-state index contributed by atoms with van der Waals surface area (Å²) in [4.78, 5) is 3.59. The number of aryl methyl sites for hydroxylation is 1. The van der Waals surface area contributed by atoms with Crippen LogP contribution in [-0.2, 0) is 0 Å². The van der Waals surface area contributed by atoms with E-state index in [2.05, 4.69) is 29.4 Å². The highest BCUT2D eigenvalue weighted by Crippen LogP contribution is 2.32. The molecule has 0 amide bonds. The molecule has 3 heteroatoms. The van der Waals surface area contributed by atoms with E-state index in [4.69, 9.17) is 4.74 Å². The summed E-state index contributed by atoms with van der Waals surface area (Å²) >= 11 is 0. The normalized spacial score (nSPS) is 20.2. The Balaban J connectivity index is 2.04. The Bertz CT molecular complexity index is 553. The third kappa shape index (κ3) is 1.89. The van der Waals surface area contributed by atoms with Gasteiger partial charge in [0.15, 0.2) is 0 Å². The van der Waals surface area contributed by atoms with Gasteiger partial charge in [-0.05, 0) is 44.0 Å². The first-order chi connectivity index (χ1) is 8.79. The number of H-pyrrole nitrogens is 1. The van der Waals surface area contributed by atoms with E-state index in [9.17, 15) is 0 Å². The summed E-state index contributed by atoms with van der Waals surface area (Å²) in [5, 5.41) is 4.80. The molecule has 3 nitrogen and oxygen atoms in total. The summed E-state index contributed by atoms with van der Waals surface area (Å²) in [5.41, 5.74) is 3.97. The molecule has 96 valence electrons. The van der Waals surface area contributed by atoms with E-state index in [1.807, 2.05) is 6.07 Å². The molecular weight excluding hydrogens is 224 g/mol. The van der Waals surface area contributed by atoms with E-state index in [1.165, 1.54) is 35.0 Å². The number of benzene rings is 1. The van der Waals surface area contributed by atoms with Gasteiger partial charge in [-0.3, -0.25) is 0 Å². The molecule has 1 aromatic heterocycles. The molecule has 18 heavy (non-hydrogen) atoms. The van der Waals surface area contributed by atoms with Gasteiger partial charge in [-0.1, -0.05) is 0 Å². The zero-order valence-electron chi connectivity index (χ0n) is 11.0. The molecule has 0 radical (unpaired) electrons. The van der Waals surface area contributed by atoms with E-state index < -0.39 is 0 Å². The standard InChI is InChI=1S/C15H20N2O/c1-10-13-6-5-12(18-2)8-14(13)17-15(10)11-4-3-7-16-9-11/h5-6,8,11,16-17H,3-4,7,9H2,1-2H3. The van der Waals surface area contributed by atoms with Crippen LogP contribution in [0, 0.1) is 6.92 Å². The molecule has 2 aromatic rings. The molecule has 1 saturated heterocycles. The number of aromatic nitrogens is 1. The number of piperidine rings is 1. The first-order valence-corrected chi connectivity index (χ1v) is 6.66. The van der Waals surface area contributed by atoms with Crippen LogP contribution in [0.25, 0.3) is 10.9 Å². The largest absolute Gasteiger partial charge is 0.497 e. The number of hydrogen-bond acceptors (Lipinski definition) is 2. The molecule has 1 aliphatic heterocycles. The molecule has 1 fully saturated rings. The third-order valence-electron chi connectivity index (χ3n) is 4.01. The summed E-state index contributed by atoms with van der Waals surface area (Å²) in [7, 11) is 1.71. The summed E-state index contributed by atoms with van der Waals surface area (Å²) in [6, 6.07) is 6.27. The highest BCUT2D eigenvalue weighted by atomic mass is 16.5. The Morgan fingerprint density at radius 3 is 2.94 bits per heavy atom. The predicted molar refractivity (Wildman–Crippen MR) is 74.4 cm³/mol. The second-order valence-corrected chi connectivity index (χ2v) is 5.12. The van der Waals surface area contributed by atoms with Gasteiger partial charge in [-0.15, -0.1) is 0 Å². The Kier molecular flexibility index (Phi) is 3.00. The fourth-order valence-electron chi connectivity index (χ4n) is 2.97. The molecule has 2 heterocycles. The second-order valence-electron chi connectivity index (χ2n) is 5.12. The van der Waals surface area contributed by atoms with Crippen LogP contribution in [0.15, 0.2) is 18.2 Å². The minimum atomic E-state index is 0.622. The van der Waals surface area contributed by atoms with Crippen molar-refractivity contribution in [3.8, 4) is 5.75 Å². The summed E-state index contributed by atoms with van der Waals surface area (Å²) in [5.74, 6) is 1.54. The lowest BCUT2D eigenvalue weighted by Crippen LogP contribution is -2.28. The van der Waals surface area contributed by atoms with E-state index in [1.54, 1.807) is 7.11 Å². The Morgan fingerprint density at radius 2 is 2.22 bits per heavy atom. The van der Waals surface area contributed by atoms with Gasteiger partial charge in [0.25, 0.3) is 0 Å². The van der Waals surface area contributed by atoms with Crippen molar-refractivity contribution in [3.63, 3.8) is 0 Å². The maximum absolute atomic E-state index is 5.28. The van der Waals surface area contributed by atoms with Crippen LogP contribution in [0.4, 0.5) is 0 Å². The first kappa shape index (κ1) is 11.6. The maximum atomic E-state index is 5.28. The Morgan fingerprint density at radius 1 is 1.33 bits per heavy atom. The molecule has 0 bridgehead atoms. The van der Waals surface area contributed by atoms with Crippen molar-refractivity contribution in [1.29, 1.82) is 0 Å².